The largest absolute Gasteiger partial charge is 0.474 e. The fourth-order valence-electron chi connectivity index (χ4n) is 3.31. The van der Waals surface area contributed by atoms with E-state index in [2.05, 4.69) is 27.2 Å². The normalized spacial score (nSPS) is 15.9. The first-order valence-corrected chi connectivity index (χ1v) is 8.88. The molecular formula is C20H22N4O2. The van der Waals surface area contributed by atoms with E-state index in [0.29, 0.717) is 17.1 Å². The Hall–Kier alpha value is -2.86. The van der Waals surface area contributed by atoms with Gasteiger partial charge in [0, 0.05) is 53.7 Å². The Morgan fingerprint density at radius 3 is 2.96 bits per heavy atom. The van der Waals surface area contributed by atoms with Gasteiger partial charge in [0.1, 0.15) is 6.10 Å². The van der Waals surface area contributed by atoms with E-state index in [4.69, 9.17) is 4.74 Å². The molecule has 3 heterocycles. The number of carbonyl (C=O) groups excluding carboxylic acids is 1. The van der Waals surface area contributed by atoms with Gasteiger partial charge in [-0.3, -0.25) is 4.79 Å². The minimum Gasteiger partial charge on any atom is -0.474 e. The van der Waals surface area contributed by atoms with Gasteiger partial charge in [0.2, 0.25) is 5.88 Å². The molecule has 2 N–H and O–H groups in total. The number of rotatable bonds is 4. The molecule has 2 aromatic heterocycles. The summed E-state index contributed by atoms with van der Waals surface area (Å²) >= 11 is 0. The van der Waals surface area contributed by atoms with Crippen LogP contribution in [0.25, 0.3) is 10.9 Å². The van der Waals surface area contributed by atoms with Gasteiger partial charge in [-0.25, -0.2) is 4.98 Å². The molecule has 26 heavy (non-hydrogen) atoms. The summed E-state index contributed by atoms with van der Waals surface area (Å²) in [6.45, 7) is 2.06. The molecule has 0 atom stereocenters. The highest BCUT2D eigenvalue weighted by Crippen LogP contribution is 2.22. The molecular weight excluding hydrogens is 328 g/mol. The molecule has 6 nitrogen and oxygen atoms in total. The third kappa shape index (κ3) is 3.55. The van der Waals surface area contributed by atoms with Crippen molar-refractivity contribution in [2.45, 2.75) is 18.9 Å². The quantitative estimate of drug-likeness (QED) is 0.757. The van der Waals surface area contributed by atoms with Crippen LogP contribution in [0.3, 0.4) is 0 Å². The molecule has 6 heteroatoms. The van der Waals surface area contributed by atoms with Crippen LogP contribution < -0.4 is 10.1 Å². The Morgan fingerprint density at radius 1 is 1.27 bits per heavy atom. The molecule has 3 aromatic rings. The predicted molar refractivity (Wildman–Crippen MR) is 102 cm³/mol. The number of H-pyrrole nitrogens is 1. The zero-order valence-corrected chi connectivity index (χ0v) is 14.7. The van der Waals surface area contributed by atoms with Gasteiger partial charge in [0.25, 0.3) is 5.91 Å². The molecule has 1 aromatic carbocycles. The summed E-state index contributed by atoms with van der Waals surface area (Å²) in [7, 11) is 2.12. The van der Waals surface area contributed by atoms with Gasteiger partial charge in [-0.1, -0.05) is 6.07 Å². The first-order valence-electron chi connectivity index (χ1n) is 8.88. The third-order valence-corrected chi connectivity index (χ3v) is 4.79. The molecule has 4 rings (SSSR count). The topological polar surface area (TPSA) is 70.2 Å². The first-order chi connectivity index (χ1) is 12.7. The van der Waals surface area contributed by atoms with Crippen LogP contribution in [-0.2, 0) is 0 Å². The third-order valence-electron chi connectivity index (χ3n) is 4.79. The Bertz CT molecular complexity index is 913. The van der Waals surface area contributed by atoms with Crippen molar-refractivity contribution < 1.29 is 9.53 Å². The number of anilines is 1. The maximum atomic E-state index is 12.7. The molecule has 0 saturated carbocycles. The Kier molecular flexibility index (Phi) is 4.58. The summed E-state index contributed by atoms with van der Waals surface area (Å²) in [6.07, 6.45) is 5.66. The van der Waals surface area contributed by atoms with Crippen molar-refractivity contribution in [3.63, 3.8) is 0 Å². The van der Waals surface area contributed by atoms with Gasteiger partial charge in [-0.05, 0) is 44.2 Å². The smallest absolute Gasteiger partial charge is 0.256 e. The van der Waals surface area contributed by atoms with Gasteiger partial charge >= 0.3 is 0 Å². The predicted octanol–water partition coefficient (Wildman–Crippen LogP) is 3.29. The monoisotopic (exact) mass is 350 g/mol. The minimum atomic E-state index is -0.147. The Balaban J connectivity index is 1.46. The van der Waals surface area contributed by atoms with E-state index in [1.54, 1.807) is 18.3 Å². The average molecular weight is 350 g/mol. The average Bonchev–Trinajstić information content (AvgIpc) is 3.12. The van der Waals surface area contributed by atoms with Gasteiger partial charge < -0.3 is 19.9 Å². The van der Waals surface area contributed by atoms with Crippen molar-refractivity contribution in [3.05, 3.63) is 54.4 Å². The summed E-state index contributed by atoms with van der Waals surface area (Å²) in [4.78, 5) is 22.4. The number of carbonyl (C=O) groups is 1. The summed E-state index contributed by atoms with van der Waals surface area (Å²) < 4.78 is 6.00. The number of pyridine rings is 1. The van der Waals surface area contributed by atoms with E-state index in [0.717, 1.165) is 36.8 Å². The number of aromatic nitrogens is 2. The number of hydrogen-bond donors (Lipinski definition) is 2. The van der Waals surface area contributed by atoms with E-state index < -0.39 is 0 Å². The van der Waals surface area contributed by atoms with Crippen LogP contribution in [0.1, 0.15) is 23.2 Å². The lowest BCUT2D eigenvalue weighted by Crippen LogP contribution is -2.35. The molecule has 1 fully saturated rings. The lowest BCUT2D eigenvalue weighted by Gasteiger charge is -2.28. The van der Waals surface area contributed by atoms with E-state index in [-0.39, 0.29) is 12.0 Å². The van der Waals surface area contributed by atoms with E-state index in [1.165, 1.54) is 0 Å². The van der Waals surface area contributed by atoms with Gasteiger partial charge in [0.05, 0.1) is 0 Å². The van der Waals surface area contributed by atoms with Gasteiger partial charge in [-0.2, -0.15) is 0 Å². The molecule has 0 radical (unpaired) electrons. The van der Waals surface area contributed by atoms with Crippen molar-refractivity contribution in [3.8, 4) is 5.88 Å². The first kappa shape index (κ1) is 16.6. The van der Waals surface area contributed by atoms with Crippen molar-refractivity contribution in [1.82, 2.24) is 14.9 Å². The number of hydrogen-bond acceptors (Lipinski definition) is 4. The Morgan fingerprint density at radius 2 is 2.12 bits per heavy atom. The summed E-state index contributed by atoms with van der Waals surface area (Å²) in [6, 6.07) is 11.1. The summed E-state index contributed by atoms with van der Waals surface area (Å²) in [5.74, 6) is 0.406. The van der Waals surface area contributed by atoms with Crippen LogP contribution >= 0.6 is 0 Å². The maximum absolute atomic E-state index is 12.7. The summed E-state index contributed by atoms with van der Waals surface area (Å²) in [5.41, 5.74) is 2.26. The van der Waals surface area contributed by atoms with Crippen LogP contribution in [0.15, 0.2) is 48.8 Å². The van der Waals surface area contributed by atoms with E-state index >= 15 is 0 Å². The number of nitrogens with zero attached hydrogens (tertiary/aromatic N) is 2. The molecule has 1 aliphatic heterocycles. The van der Waals surface area contributed by atoms with Crippen LogP contribution in [-0.4, -0.2) is 47.0 Å². The molecule has 0 unspecified atom stereocenters. The number of amides is 1. The number of likely N-dealkylation sites (tertiary alicyclic amines) is 1. The highest BCUT2D eigenvalue weighted by Gasteiger charge is 2.19. The zero-order chi connectivity index (χ0) is 17.9. The molecule has 0 spiro atoms. The second kappa shape index (κ2) is 7.17. The van der Waals surface area contributed by atoms with E-state index in [9.17, 15) is 4.79 Å². The van der Waals surface area contributed by atoms with Crippen molar-refractivity contribution in [1.29, 1.82) is 0 Å². The van der Waals surface area contributed by atoms with Crippen LogP contribution in [0.4, 0.5) is 5.69 Å². The number of fused-ring (bicyclic) bond motifs is 1. The van der Waals surface area contributed by atoms with Crippen molar-refractivity contribution >= 4 is 22.5 Å². The molecule has 134 valence electrons. The second-order valence-corrected chi connectivity index (χ2v) is 6.70. The number of ether oxygens (including phenoxy) is 1. The van der Waals surface area contributed by atoms with Crippen molar-refractivity contribution in [2.75, 3.05) is 25.5 Å². The van der Waals surface area contributed by atoms with Crippen LogP contribution in [0, 0.1) is 0 Å². The second-order valence-electron chi connectivity index (χ2n) is 6.70. The summed E-state index contributed by atoms with van der Waals surface area (Å²) in [5, 5.41) is 3.85. The van der Waals surface area contributed by atoms with Gasteiger partial charge in [-0.15, -0.1) is 0 Å². The van der Waals surface area contributed by atoms with Gasteiger partial charge in [0.15, 0.2) is 0 Å². The van der Waals surface area contributed by atoms with Crippen LogP contribution in [0.2, 0.25) is 0 Å². The fourth-order valence-corrected chi connectivity index (χ4v) is 3.31. The lowest BCUT2D eigenvalue weighted by atomic mass is 10.1. The number of nitrogens with one attached hydrogen (secondary N) is 2. The SMILES string of the molecule is CN1CCC(Oc2cc(NC(=O)c3cccc4[nH]ccc34)ccn2)CC1. The number of benzene rings is 1. The molecule has 1 saturated heterocycles. The highest BCUT2D eigenvalue weighted by molar-refractivity contribution is 6.12. The minimum absolute atomic E-state index is 0.147. The molecule has 0 aliphatic carbocycles. The van der Waals surface area contributed by atoms with Crippen LogP contribution in [0.5, 0.6) is 5.88 Å². The maximum Gasteiger partial charge on any atom is 0.256 e. The van der Waals surface area contributed by atoms with E-state index in [1.807, 2.05) is 30.5 Å². The zero-order valence-electron chi connectivity index (χ0n) is 14.7. The molecule has 1 aliphatic rings. The number of aromatic amines is 1. The molecule has 1 amide bonds. The standard InChI is InChI=1S/C20H22N4O2/c1-24-11-7-15(8-12-24)26-19-13-14(5-9-22-19)23-20(25)17-3-2-4-18-16(17)6-10-21-18/h2-6,9-10,13,15,21H,7-8,11-12H2,1H3,(H,22,23,25). The van der Waals surface area contributed by atoms with Crippen molar-refractivity contribution in [2.24, 2.45) is 0 Å². The molecule has 0 bridgehead atoms. The highest BCUT2D eigenvalue weighted by atomic mass is 16.5. The lowest BCUT2D eigenvalue weighted by molar-refractivity contribution is 0.102. The Labute approximate surface area is 152 Å². The number of piperidine rings is 1. The fraction of sp³-hybridized carbons (Fsp3) is 0.300.